The lowest BCUT2D eigenvalue weighted by Gasteiger charge is -2.31. The lowest BCUT2D eigenvalue weighted by atomic mass is 10.1. The van der Waals surface area contributed by atoms with Crippen molar-refractivity contribution in [1.29, 1.82) is 5.26 Å². The zero-order valence-corrected chi connectivity index (χ0v) is 17.0. The van der Waals surface area contributed by atoms with E-state index < -0.39 is 41.1 Å². The molecule has 12 heteroatoms. The first-order valence-corrected chi connectivity index (χ1v) is 9.41. The van der Waals surface area contributed by atoms with Crippen molar-refractivity contribution >= 4 is 17.4 Å². The van der Waals surface area contributed by atoms with E-state index in [4.69, 9.17) is 5.53 Å². The van der Waals surface area contributed by atoms with Crippen LogP contribution in [0.4, 0.5) is 29.1 Å². The maximum absolute atomic E-state index is 13.5. The van der Waals surface area contributed by atoms with Crippen molar-refractivity contribution in [2.24, 2.45) is 5.11 Å². The first kappa shape index (κ1) is 22.8. The molecule has 166 valence electrons. The minimum absolute atomic E-state index is 0.0108. The fraction of sp³-hybridized carbons (Fsp3) is 0.350. The van der Waals surface area contributed by atoms with Crippen molar-refractivity contribution in [2.45, 2.75) is 31.6 Å². The predicted octanol–water partition coefficient (Wildman–Crippen LogP) is 4.34. The number of aryl methyl sites for hydroxylation is 1. The number of carbonyl (C=O) groups excluding carboxylic acids is 1. The molecule has 1 aliphatic heterocycles. The predicted molar refractivity (Wildman–Crippen MR) is 107 cm³/mol. The normalized spacial score (nSPS) is 18.1. The number of carbonyl (C=O) groups is 1. The minimum Gasteiger partial charge on any atom is -0.343 e. The highest BCUT2D eigenvalue weighted by molar-refractivity contribution is 5.99. The SMILES string of the molecule is Cc1cc(C(F)(F)F)c(C#N)c(N2CC[C@@H](N=[N+]=[N-])[C@H]2C(=O)N(C)c2ccc(F)cc2)n1. The van der Waals surface area contributed by atoms with E-state index >= 15 is 0 Å². The van der Waals surface area contributed by atoms with Crippen LogP contribution < -0.4 is 9.80 Å². The molecule has 32 heavy (non-hydrogen) atoms. The van der Waals surface area contributed by atoms with Gasteiger partial charge in [-0.2, -0.15) is 18.4 Å². The van der Waals surface area contributed by atoms with Crippen LogP contribution in [0.5, 0.6) is 0 Å². The second kappa shape index (κ2) is 8.72. The molecule has 0 bridgehead atoms. The number of nitriles is 1. The Morgan fingerprint density at radius 2 is 2.03 bits per heavy atom. The van der Waals surface area contributed by atoms with Crippen molar-refractivity contribution in [3.63, 3.8) is 0 Å². The standard InChI is InChI=1S/C20H17F4N7O/c1-11-9-15(20(22,23)24)14(10-25)18(27-11)31-8-7-16(28-29-26)17(31)19(32)30(2)13-5-3-12(21)4-6-13/h3-6,9,16-17H,7-8H2,1-2H3/t16-,17+/m1/s1. The van der Waals surface area contributed by atoms with Gasteiger partial charge in [0.05, 0.1) is 11.6 Å². The lowest BCUT2D eigenvalue weighted by molar-refractivity contribution is -0.137. The van der Waals surface area contributed by atoms with Crippen LogP contribution in [-0.4, -0.2) is 36.6 Å². The van der Waals surface area contributed by atoms with Crippen LogP contribution in [0, 0.1) is 24.1 Å². The van der Waals surface area contributed by atoms with Gasteiger partial charge in [-0.25, -0.2) is 9.37 Å². The molecule has 2 aromatic rings. The summed E-state index contributed by atoms with van der Waals surface area (Å²) in [7, 11) is 1.41. The molecule has 3 rings (SSSR count). The molecule has 8 nitrogen and oxygen atoms in total. The molecule has 1 aromatic heterocycles. The summed E-state index contributed by atoms with van der Waals surface area (Å²) in [5.74, 6) is -1.42. The molecular weight excluding hydrogens is 430 g/mol. The number of hydrogen-bond donors (Lipinski definition) is 0. The van der Waals surface area contributed by atoms with Crippen LogP contribution >= 0.6 is 0 Å². The topological polar surface area (TPSA) is 109 Å². The van der Waals surface area contributed by atoms with Gasteiger partial charge < -0.3 is 9.80 Å². The summed E-state index contributed by atoms with van der Waals surface area (Å²) in [6.45, 7) is 1.39. The number of alkyl halides is 3. The van der Waals surface area contributed by atoms with E-state index in [0.29, 0.717) is 5.69 Å². The molecular formula is C20H17F4N7O. The molecule has 1 saturated heterocycles. The number of anilines is 2. The van der Waals surface area contributed by atoms with Gasteiger partial charge in [0.2, 0.25) is 5.91 Å². The first-order chi connectivity index (χ1) is 15.1. The van der Waals surface area contributed by atoms with E-state index in [1.165, 1.54) is 35.9 Å². The van der Waals surface area contributed by atoms with Crippen LogP contribution in [0.2, 0.25) is 0 Å². The van der Waals surface area contributed by atoms with E-state index in [1.54, 1.807) is 6.07 Å². The Labute approximate surface area is 180 Å². The number of nitrogens with zero attached hydrogens (tertiary/aromatic N) is 7. The third kappa shape index (κ3) is 4.29. The average Bonchev–Trinajstić information content (AvgIpc) is 3.15. The van der Waals surface area contributed by atoms with Gasteiger partial charge in [0, 0.05) is 29.9 Å². The van der Waals surface area contributed by atoms with E-state index in [1.807, 2.05) is 0 Å². The number of hydrogen-bond acceptors (Lipinski definition) is 5. The summed E-state index contributed by atoms with van der Waals surface area (Å²) in [4.78, 5) is 22.7. The fourth-order valence-electron chi connectivity index (χ4n) is 3.69. The number of azide groups is 1. The van der Waals surface area contributed by atoms with Gasteiger partial charge in [-0.05, 0) is 49.2 Å². The van der Waals surface area contributed by atoms with Crippen LogP contribution in [0.3, 0.4) is 0 Å². The lowest BCUT2D eigenvalue weighted by Crippen LogP contribution is -2.49. The van der Waals surface area contributed by atoms with Crippen LogP contribution in [0.15, 0.2) is 35.4 Å². The fourth-order valence-corrected chi connectivity index (χ4v) is 3.69. The summed E-state index contributed by atoms with van der Waals surface area (Å²) in [5, 5.41) is 13.1. The molecule has 0 radical (unpaired) electrons. The zero-order chi connectivity index (χ0) is 23.6. The highest BCUT2D eigenvalue weighted by atomic mass is 19.4. The molecule has 2 heterocycles. The van der Waals surface area contributed by atoms with Gasteiger partial charge >= 0.3 is 6.18 Å². The number of amides is 1. The number of pyridine rings is 1. The zero-order valence-electron chi connectivity index (χ0n) is 17.0. The van der Waals surface area contributed by atoms with Gasteiger partial charge in [0.15, 0.2) is 0 Å². The Bertz CT molecular complexity index is 1120. The monoisotopic (exact) mass is 447 g/mol. The Morgan fingerprint density at radius 1 is 1.38 bits per heavy atom. The van der Waals surface area contributed by atoms with Gasteiger partial charge in [-0.1, -0.05) is 5.11 Å². The Balaban J connectivity index is 2.11. The van der Waals surface area contributed by atoms with Gasteiger partial charge in [-0.15, -0.1) is 0 Å². The number of benzene rings is 1. The van der Waals surface area contributed by atoms with E-state index in [0.717, 1.165) is 18.2 Å². The molecule has 0 saturated carbocycles. The average molecular weight is 447 g/mol. The number of likely N-dealkylation sites (N-methyl/N-ethyl adjacent to an activating group) is 1. The maximum Gasteiger partial charge on any atom is 0.417 e. The second-order valence-electron chi connectivity index (χ2n) is 7.19. The van der Waals surface area contributed by atoms with Crippen LogP contribution in [0.1, 0.15) is 23.2 Å². The first-order valence-electron chi connectivity index (χ1n) is 9.41. The molecule has 1 aliphatic rings. The van der Waals surface area contributed by atoms with E-state index in [2.05, 4.69) is 15.0 Å². The smallest absolute Gasteiger partial charge is 0.343 e. The molecule has 0 spiro atoms. The molecule has 1 fully saturated rings. The Kier molecular flexibility index (Phi) is 6.23. The van der Waals surface area contributed by atoms with Gasteiger partial charge in [0.1, 0.15) is 29.3 Å². The Morgan fingerprint density at radius 3 is 2.59 bits per heavy atom. The summed E-state index contributed by atoms with van der Waals surface area (Å²) in [5.41, 5.74) is 7.39. The van der Waals surface area contributed by atoms with Crippen LogP contribution in [-0.2, 0) is 11.0 Å². The quantitative estimate of drug-likeness (QED) is 0.301. The molecule has 2 atom stereocenters. The number of rotatable bonds is 4. The Hall–Kier alpha value is -3.84. The number of aromatic nitrogens is 1. The largest absolute Gasteiger partial charge is 0.417 e. The summed E-state index contributed by atoms with van der Waals surface area (Å²) in [6.07, 6.45) is -4.64. The highest BCUT2D eigenvalue weighted by Gasteiger charge is 2.44. The molecule has 1 amide bonds. The maximum atomic E-state index is 13.5. The minimum atomic E-state index is -4.80. The van der Waals surface area contributed by atoms with Crippen molar-refractivity contribution in [3.05, 3.63) is 63.4 Å². The molecule has 1 aromatic carbocycles. The van der Waals surface area contributed by atoms with Crippen LogP contribution in [0.25, 0.3) is 10.4 Å². The van der Waals surface area contributed by atoms with Crippen molar-refractivity contribution < 1.29 is 22.4 Å². The highest BCUT2D eigenvalue weighted by Crippen LogP contribution is 2.38. The van der Waals surface area contributed by atoms with Gasteiger partial charge in [0.25, 0.3) is 0 Å². The van der Waals surface area contributed by atoms with Crippen molar-refractivity contribution in [1.82, 2.24) is 4.98 Å². The second-order valence-corrected chi connectivity index (χ2v) is 7.19. The third-order valence-corrected chi connectivity index (χ3v) is 5.18. The van der Waals surface area contributed by atoms with Gasteiger partial charge in [-0.3, -0.25) is 4.79 Å². The molecule has 0 aliphatic carbocycles. The van der Waals surface area contributed by atoms with E-state index in [-0.39, 0.29) is 24.5 Å². The number of halogens is 4. The van der Waals surface area contributed by atoms with Crippen molar-refractivity contribution in [2.75, 3.05) is 23.4 Å². The summed E-state index contributed by atoms with van der Waals surface area (Å²) < 4.78 is 53.9. The van der Waals surface area contributed by atoms with E-state index in [9.17, 15) is 27.6 Å². The summed E-state index contributed by atoms with van der Waals surface area (Å²) in [6, 6.07) is 5.25. The molecule has 0 N–H and O–H groups in total. The summed E-state index contributed by atoms with van der Waals surface area (Å²) >= 11 is 0. The third-order valence-electron chi connectivity index (χ3n) is 5.18. The molecule has 0 unspecified atom stereocenters. The van der Waals surface area contributed by atoms with Crippen molar-refractivity contribution in [3.8, 4) is 6.07 Å².